The predicted octanol–water partition coefficient (Wildman–Crippen LogP) is 2.86. The third kappa shape index (κ3) is 3.86. The second-order valence-corrected chi connectivity index (χ2v) is 8.32. The summed E-state index contributed by atoms with van der Waals surface area (Å²) in [7, 11) is -3.75. The zero-order valence-corrected chi connectivity index (χ0v) is 15.8. The smallest absolute Gasteiger partial charge is 0.257 e. The van der Waals surface area contributed by atoms with Crippen LogP contribution in [-0.2, 0) is 14.8 Å². The molecule has 140 valence electrons. The number of anilines is 2. The molecule has 0 radical (unpaired) electrons. The van der Waals surface area contributed by atoms with Crippen LogP contribution in [0.2, 0.25) is 5.02 Å². The molecule has 1 heterocycles. The Morgan fingerprint density at radius 1 is 1.15 bits per heavy atom. The number of hydrogen-bond donors (Lipinski definition) is 1. The van der Waals surface area contributed by atoms with Gasteiger partial charge in [-0.15, -0.1) is 0 Å². The van der Waals surface area contributed by atoms with Crippen LogP contribution in [0.15, 0.2) is 42.5 Å². The van der Waals surface area contributed by atoms with E-state index in [1.54, 1.807) is 18.2 Å². The van der Waals surface area contributed by atoms with E-state index in [2.05, 4.69) is 5.32 Å². The molecule has 2 aromatic carbocycles. The molecule has 0 bridgehead atoms. The van der Waals surface area contributed by atoms with Gasteiger partial charge in [0.1, 0.15) is 0 Å². The van der Waals surface area contributed by atoms with Gasteiger partial charge in [0.05, 0.1) is 22.0 Å². The van der Waals surface area contributed by atoms with Gasteiger partial charge in [-0.25, -0.2) is 12.7 Å². The van der Waals surface area contributed by atoms with Crippen molar-refractivity contribution in [3.05, 3.63) is 58.6 Å². The summed E-state index contributed by atoms with van der Waals surface area (Å²) in [6, 6.07) is 10.4. The lowest BCUT2D eigenvalue weighted by Gasteiger charge is -2.16. The monoisotopic (exact) mass is 406 g/mol. The van der Waals surface area contributed by atoms with Crippen LogP contribution < -0.4 is 9.62 Å². The molecule has 0 unspecified atom stereocenters. The predicted molar refractivity (Wildman–Crippen MR) is 102 cm³/mol. The number of nitrogens with zero attached hydrogens (tertiary/aromatic N) is 1. The van der Waals surface area contributed by atoms with E-state index < -0.39 is 21.8 Å². The number of ketones is 1. The van der Waals surface area contributed by atoms with Crippen molar-refractivity contribution in [1.29, 1.82) is 0 Å². The Hall–Kier alpha value is -2.71. The van der Waals surface area contributed by atoms with Crippen LogP contribution in [0.1, 0.15) is 34.1 Å². The number of benzene rings is 2. The van der Waals surface area contributed by atoms with Crippen molar-refractivity contribution < 1.29 is 22.8 Å². The second-order valence-electron chi connectivity index (χ2n) is 5.98. The van der Waals surface area contributed by atoms with Gasteiger partial charge in [0.15, 0.2) is 5.78 Å². The van der Waals surface area contributed by atoms with Crippen molar-refractivity contribution >= 4 is 50.6 Å². The van der Waals surface area contributed by atoms with E-state index in [-0.39, 0.29) is 34.2 Å². The van der Waals surface area contributed by atoms with Gasteiger partial charge in [0, 0.05) is 17.7 Å². The zero-order valence-electron chi connectivity index (χ0n) is 14.2. The molecule has 0 atom stereocenters. The Labute approximate surface area is 161 Å². The molecule has 0 aromatic heterocycles. The second kappa shape index (κ2) is 7.13. The fourth-order valence-corrected chi connectivity index (χ4v) is 4.35. The Kier molecular flexibility index (Phi) is 5.03. The van der Waals surface area contributed by atoms with Crippen LogP contribution in [0.25, 0.3) is 0 Å². The number of carbonyl (C=O) groups is 3. The molecule has 2 aromatic rings. The van der Waals surface area contributed by atoms with Crippen LogP contribution in [0.5, 0.6) is 0 Å². The molecule has 27 heavy (non-hydrogen) atoms. The average Bonchev–Trinajstić information content (AvgIpc) is 2.88. The number of Topliss-reactive ketones (excluding diaryl/α,β-unsaturated/α-hetero) is 1. The third-order valence-corrected chi connectivity index (χ3v) is 6.06. The molecule has 1 saturated heterocycles. The van der Waals surface area contributed by atoms with Crippen LogP contribution in [0.3, 0.4) is 0 Å². The molecule has 9 heteroatoms. The first-order chi connectivity index (χ1) is 12.7. The van der Waals surface area contributed by atoms with E-state index in [0.29, 0.717) is 15.6 Å². The van der Waals surface area contributed by atoms with Crippen LogP contribution in [-0.4, -0.2) is 31.8 Å². The number of rotatable bonds is 4. The van der Waals surface area contributed by atoms with Crippen molar-refractivity contribution in [2.24, 2.45) is 0 Å². The van der Waals surface area contributed by atoms with Crippen LogP contribution >= 0.6 is 11.6 Å². The molecule has 0 aliphatic carbocycles. The minimum atomic E-state index is -3.75. The summed E-state index contributed by atoms with van der Waals surface area (Å²) in [5.41, 5.74) is 0.891. The highest BCUT2D eigenvalue weighted by Crippen LogP contribution is 2.29. The summed E-state index contributed by atoms with van der Waals surface area (Å²) in [6.07, 6.45) is -0.107. The van der Waals surface area contributed by atoms with Crippen LogP contribution in [0, 0.1) is 0 Å². The van der Waals surface area contributed by atoms with E-state index >= 15 is 0 Å². The first-order valence-electron chi connectivity index (χ1n) is 7.97. The summed E-state index contributed by atoms with van der Waals surface area (Å²) in [5, 5.41) is 2.72. The molecule has 1 aliphatic heterocycles. The number of halogens is 1. The maximum Gasteiger partial charge on any atom is 0.257 e. The van der Waals surface area contributed by atoms with E-state index in [1.165, 1.54) is 31.2 Å². The van der Waals surface area contributed by atoms with Crippen molar-refractivity contribution in [2.45, 2.75) is 13.3 Å². The van der Waals surface area contributed by atoms with E-state index in [1.807, 2.05) is 0 Å². The Balaban J connectivity index is 1.93. The van der Waals surface area contributed by atoms with Gasteiger partial charge in [0.25, 0.3) is 5.91 Å². The largest absolute Gasteiger partial charge is 0.322 e. The van der Waals surface area contributed by atoms with E-state index in [9.17, 15) is 22.8 Å². The lowest BCUT2D eigenvalue weighted by Crippen LogP contribution is -2.29. The molecule has 1 fully saturated rings. The molecule has 1 aliphatic rings. The summed E-state index contributed by atoms with van der Waals surface area (Å²) >= 11 is 6.09. The molecular formula is C18H15ClN2O5S. The Bertz CT molecular complexity index is 1070. The van der Waals surface area contributed by atoms with Crippen LogP contribution in [0.4, 0.5) is 11.4 Å². The van der Waals surface area contributed by atoms with Crippen molar-refractivity contribution in [2.75, 3.05) is 15.4 Å². The standard InChI is InChI=1S/C18H15ClN2O5S/c1-11(22)12-3-2-4-13(9-12)20-18(24)15-10-14(5-6-16(15)19)21-17(23)7-8-27(21,25)26/h2-6,9-10H,7-8H2,1H3,(H,20,24). The maximum absolute atomic E-state index is 12.6. The first kappa shape index (κ1) is 19.1. The Morgan fingerprint density at radius 2 is 1.89 bits per heavy atom. The van der Waals surface area contributed by atoms with E-state index in [4.69, 9.17) is 11.6 Å². The summed E-state index contributed by atoms with van der Waals surface area (Å²) in [5.74, 6) is -1.57. The lowest BCUT2D eigenvalue weighted by molar-refractivity contribution is -0.116. The minimum Gasteiger partial charge on any atom is -0.322 e. The number of nitrogens with one attached hydrogen (secondary N) is 1. The minimum absolute atomic E-state index is 0.0114. The molecule has 1 N–H and O–H groups in total. The summed E-state index contributed by atoms with van der Waals surface area (Å²) in [4.78, 5) is 36.0. The van der Waals surface area contributed by atoms with E-state index in [0.717, 1.165) is 0 Å². The number of carbonyl (C=O) groups excluding carboxylic acids is 3. The number of sulfonamides is 1. The van der Waals surface area contributed by atoms with Gasteiger partial charge in [-0.2, -0.15) is 0 Å². The summed E-state index contributed by atoms with van der Waals surface area (Å²) in [6.45, 7) is 1.41. The van der Waals surface area contributed by atoms with Gasteiger partial charge in [-0.05, 0) is 37.3 Å². The van der Waals surface area contributed by atoms with Gasteiger partial charge < -0.3 is 5.32 Å². The van der Waals surface area contributed by atoms with Crippen molar-refractivity contribution in [3.63, 3.8) is 0 Å². The topological polar surface area (TPSA) is 101 Å². The molecule has 3 rings (SSSR count). The zero-order chi connectivity index (χ0) is 19.8. The highest BCUT2D eigenvalue weighted by molar-refractivity contribution is 7.94. The molecule has 0 spiro atoms. The van der Waals surface area contributed by atoms with Crippen molar-refractivity contribution in [3.8, 4) is 0 Å². The molecular weight excluding hydrogens is 392 g/mol. The fourth-order valence-electron chi connectivity index (χ4n) is 2.70. The normalized spacial score (nSPS) is 15.6. The van der Waals surface area contributed by atoms with Gasteiger partial charge >= 0.3 is 0 Å². The number of hydrogen-bond acceptors (Lipinski definition) is 5. The van der Waals surface area contributed by atoms with Crippen molar-refractivity contribution in [1.82, 2.24) is 0 Å². The number of amides is 2. The Morgan fingerprint density at radius 3 is 2.52 bits per heavy atom. The molecule has 7 nitrogen and oxygen atoms in total. The summed E-state index contributed by atoms with van der Waals surface area (Å²) < 4.78 is 24.8. The third-order valence-electron chi connectivity index (χ3n) is 4.03. The average molecular weight is 407 g/mol. The van der Waals surface area contributed by atoms with Gasteiger partial charge in [-0.3, -0.25) is 14.4 Å². The maximum atomic E-state index is 12.6. The SMILES string of the molecule is CC(=O)c1cccc(NC(=O)c2cc(N3C(=O)CCS3(=O)=O)ccc2Cl)c1. The fraction of sp³-hybridized carbons (Fsp3) is 0.167. The quantitative estimate of drug-likeness (QED) is 0.787. The first-order valence-corrected chi connectivity index (χ1v) is 9.95. The highest BCUT2D eigenvalue weighted by Gasteiger charge is 2.36. The lowest BCUT2D eigenvalue weighted by atomic mass is 10.1. The van der Waals surface area contributed by atoms with Gasteiger partial charge in [-0.1, -0.05) is 23.7 Å². The van der Waals surface area contributed by atoms with Gasteiger partial charge in [0.2, 0.25) is 15.9 Å². The molecule has 0 saturated carbocycles. The molecule has 2 amide bonds. The highest BCUT2D eigenvalue weighted by atomic mass is 35.5.